The van der Waals surface area contributed by atoms with Gasteiger partial charge in [0.05, 0.1) is 5.41 Å². The van der Waals surface area contributed by atoms with Crippen LogP contribution >= 0.6 is 11.8 Å². The van der Waals surface area contributed by atoms with Crippen molar-refractivity contribution in [3.8, 4) is 0 Å². The lowest BCUT2D eigenvalue weighted by molar-refractivity contribution is -0.121. The van der Waals surface area contributed by atoms with Crippen LogP contribution in [0.25, 0.3) is 0 Å². The summed E-state index contributed by atoms with van der Waals surface area (Å²) in [6.07, 6.45) is 3.68. The van der Waals surface area contributed by atoms with Crippen molar-refractivity contribution < 1.29 is 9.18 Å². The van der Waals surface area contributed by atoms with Gasteiger partial charge in [0.15, 0.2) is 0 Å². The van der Waals surface area contributed by atoms with Crippen LogP contribution in [0, 0.1) is 12.7 Å². The number of nitrogens with one attached hydrogen (secondary N) is 1. The second kappa shape index (κ2) is 8.88. The third-order valence-corrected chi connectivity index (χ3v) is 7.29. The number of hydrogen-bond acceptors (Lipinski definition) is 3. The van der Waals surface area contributed by atoms with Crippen molar-refractivity contribution in [2.75, 3.05) is 29.9 Å². The van der Waals surface area contributed by atoms with E-state index in [0.29, 0.717) is 0 Å². The second-order valence-electron chi connectivity index (χ2n) is 8.29. The standard InChI is InChI=1S/C24H29FN2OS/c1-18-4-5-19(17-27-12-14-29-15-13-27)16-22(18)26-23(28)24(10-2-3-11-24)20-6-8-21(25)9-7-20/h4-9,16H,2-3,10-15,17H2,1H3,(H,26,28). The van der Waals surface area contributed by atoms with Crippen LogP contribution in [0.2, 0.25) is 0 Å². The number of carbonyl (C=O) groups is 1. The van der Waals surface area contributed by atoms with Gasteiger partial charge in [-0.1, -0.05) is 37.1 Å². The minimum atomic E-state index is -0.555. The molecule has 4 rings (SSSR count). The molecule has 2 aromatic carbocycles. The Labute approximate surface area is 177 Å². The summed E-state index contributed by atoms with van der Waals surface area (Å²) in [6, 6.07) is 12.9. The Bertz CT molecular complexity index is 856. The van der Waals surface area contributed by atoms with Gasteiger partial charge >= 0.3 is 0 Å². The second-order valence-corrected chi connectivity index (χ2v) is 9.51. The van der Waals surface area contributed by atoms with Crippen LogP contribution in [-0.4, -0.2) is 35.4 Å². The molecule has 29 heavy (non-hydrogen) atoms. The van der Waals surface area contributed by atoms with Crippen LogP contribution in [-0.2, 0) is 16.8 Å². The number of carbonyl (C=O) groups excluding carboxylic acids is 1. The van der Waals surface area contributed by atoms with Crippen molar-refractivity contribution in [2.24, 2.45) is 0 Å². The predicted molar refractivity (Wildman–Crippen MR) is 119 cm³/mol. The van der Waals surface area contributed by atoms with Gasteiger partial charge in [0, 0.05) is 36.8 Å². The lowest BCUT2D eigenvalue weighted by Crippen LogP contribution is -2.38. The Morgan fingerprint density at radius 2 is 1.79 bits per heavy atom. The first-order valence-electron chi connectivity index (χ1n) is 10.5. The van der Waals surface area contributed by atoms with Crippen molar-refractivity contribution in [3.63, 3.8) is 0 Å². The minimum Gasteiger partial charge on any atom is -0.325 e. The molecule has 0 atom stereocenters. The highest BCUT2D eigenvalue weighted by Crippen LogP contribution is 2.42. The molecule has 1 amide bonds. The molecule has 2 aliphatic rings. The molecular formula is C24H29FN2OS. The SMILES string of the molecule is Cc1ccc(CN2CCSCC2)cc1NC(=O)C1(c2ccc(F)cc2)CCCC1. The van der Waals surface area contributed by atoms with Crippen LogP contribution in [0.1, 0.15) is 42.4 Å². The van der Waals surface area contributed by atoms with Crippen LogP contribution in [0.5, 0.6) is 0 Å². The molecule has 1 aliphatic heterocycles. The average molecular weight is 413 g/mol. The van der Waals surface area contributed by atoms with Gasteiger partial charge in [-0.3, -0.25) is 9.69 Å². The first-order valence-corrected chi connectivity index (χ1v) is 11.7. The molecule has 1 saturated heterocycles. The first-order chi connectivity index (χ1) is 14.1. The predicted octanol–water partition coefficient (Wildman–Crippen LogP) is 5.13. The summed E-state index contributed by atoms with van der Waals surface area (Å²) < 4.78 is 13.4. The molecule has 0 radical (unpaired) electrons. The maximum Gasteiger partial charge on any atom is 0.235 e. The van der Waals surface area contributed by atoms with E-state index in [9.17, 15) is 9.18 Å². The molecule has 1 aliphatic carbocycles. The summed E-state index contributed by atoms with van der Waals surface area (Å²) in [5.74, 6) is 2.16. The smallest absolute Gasteiger partial charge is 0.235 e. The van der Waals surface area contributed by atoms with E-state index in [1.807, 2.05) is 18.7 Å². The van der Waals surface area contributed by atoms with Crippen LogP contribution in [0.15, 0.2) is 42.5 Å². The molecule has 154 valence electrons. The van der Waals surface area contributed by atoms with E-state index in [2.05, 4.69) is 28.4 Å². The molecular weight excluding hydrogens is 383 g/mol. The van der Waals surface area contributed by atoms with Crippen molar-refractivity contribution >= 4 is 23.4 Å². The number of benzene rings is 2. The number of amides is 1. The molecule has 2 fully saturated rings. The molecule has 0 aromatic heterocycles. The molecule has 1 heterocycles. The fourth-order valence-corrected chi connectivity index (χ4v) is 5.53. The highest BCUT2D eigenvalue weighted by atomic mass is 32.2. The molecule has 3 nitrogen and oxygen atoms in total. The Kier molecular flexibility index (Phi) is 6.26. The number of rotatable bonds is 5. The third kappa shape index (κ3) is 4.51. The van der Waals surface area contributed by atoms with E-state index >= 15 is 0 Å². The maximum absolute atomic E-state index is 13.5. The Hall–Kier alpha value is -1.85. The van der Waals surface area contributed by atoms with E-state index < -0.39 is 5.41 Å². The molecule has 0 unspecified atom stereocenters. The van der Waals surface area contributed by atoms with Gasteiger partial charge < -0.3 is 5.32 Å². The van der Waals surface area contributed by atoms with Crippen molar-refractivity contribution in [2.45, 2.75) is 44.6 Å². The number of halogens is 1. The Morgan fingerprint density at radius 1 is 1.10 bits per heavy atom. The summed E-state index contributed by atoms with van der Waals surface area (Å²) in [4.78, 5) is 15.9. The van der Waals surface area contributed by atoms with Crippen molar-refractivity contribution in [3.05, 3.63) is 65.0 Å². The molecule has 2 aromatic rings. The highest BCUT2D eigenvalue weighted by molar-refractivity contribution is 7.99. The van der Waals surface area contributed by atoms with Gasteiger partial charge in [0.2, 0.25) is 5.91 Å². The molecule has 0 spiro atoms. The Balaban J connectivity index is 1.54. The van der Waals surface area contributed by atoms with Crippen molar-refractivity contribution in [1.29, 1.82) is 0 Å². The molecule has 1 N–H and O–H groups in total. The lowest BCUT2D eigenvalue weighted by atomic mass is 9.78. The fourth-order valence-electron chi connectivity index (χ4n) is 4.56. The topological polar surface area (TPSA) is 32.3 Å². The van der Waals surface area contributed by atoms with Gasteiger partial charge in [-0.05, 0) is 54.7 Å². The molecule has 1 saturated carbocycles. The summed E-state index contributed by atoms with van der Waals surface area (Å²) in [7, 11) is 0. The molecule has 5 heteroatoms. The molecule has 0 bridgehead atoms. The van der Waals surface area contributed by atoms with Gasteiger partial charge in [0.1, 0.15) is 5.82 Å². The minimum absolute atomic E-state index is 0.0382. The summed E-state index contributed by atoms with van der Waals surface area (Å²) in [5, 5.41) is 3.23. The summed E-state index contributed by atoms with van der Waals surface area (Å²) in [5.41, 5.74) is 3.57. The number of thioether (sulfide) groups is 1. The zero-order valence-electron chi connectivity index (χ0n) is 17.0. The van der Waals surface area contributed by atoms with Gasteiger partial charge in [-0.2, -0.15) is 11.8 Å². The van der Waals surface area contributed by atoms with Gasteiger partial charge in [-0.25, -0.2) is 4.39 Å². The monoisotopic (exact) mass is 412 g/mol. The third-order valence-electron chi connectivity index (χ3n) is 6.35. The van der Waals surface area contributed by atoms with Crippen LogP contribution < -0.4 is 5.32 Å². The average Bonchev–Trinajstić information content (AvgIpc) is 3.23. The number of hydrogen-bond donors (Lipinski definition) is 1. The van der Waals surface area contributed by atoms with E-state index in [4.69, 9.17) is 0 Å². The first kappa shape index (κ1) is 20.4. The van der Waals surface area contributed by atoms with E-state index in [1.165, 1.54) is 29.2 Å². The quantitative estimate of drug-likeness (QED) is 0.739. The zero-order chi connectivity index (χ0) is 20.3. The van der Waals surface area contributed by atoms with Gasteiger partial charge in [0.25, 0.3) is 0 Å². The lowest BCUT2D eigenvalue weighted by Gasteiger charge is -2.29. The Morgan fingerprint density at radius 3 is 2.48 bits per heavy atom. The highest BCUT2D eigenvalue weighted by Gasteiger charge is 2.42. The van der Waals surface area contributed by atoms with E-state index in [0.717, 1.165) is 62.1 Å². The normalized spacial score (nSPS) is 19.2. The number of anilines is 1. The zero-order valence-corrected chi connectivity index (χ0v) is 17.9. The largest absolute Gasteiger partial charge is 0.325 e. The number of nitrogens with zero attached hydrogens (tertiary/aromatic N) is 1. The van der Waals surface area contributed by atoms with Crippen molar-refractivity contribution in [1.82, 2.24) is 4.90 Å². The van der Waals surface area contributed by atoms with Gasteiger partial charge in [-0.15, -0.1) is 0 Å². The summed E-state index contributed by atoms with van der Waals surface area (Å²) in [6.45, 7) is 5.20. The van der Waals surface area contributed by atoms with E-state index in [1.54, 1.807) is 12.1 Å². The number of aryl methyl sites for hydroxylation is 1. The van der Waals surface area contributed by atoms with E-state index in [-0.39, 0.29) is 11.7 Å². The fraction of sp³-hybridized carbons (Fsp3) is 0.458. The summed E-state index contributed by atoms with van der Waals surface area (Å²) >= 11 is 2.01. The maximum atomic E-state index is 13.5. The van der Waals surface area contributed by atoms with Crippen LogP contribution in [0.4, 0.5) is 10.1 Å². The van der Waals surface area contributed by atoms with Crippen LogP contribution in [0.3, 0.4) is 0 Å².